The zero-order valence-corrected chi connectivity index (χ0v) is 19.0. The Hall–Kier alpha value is -4.05. The maximum Gasteiger partial charge on any atom is 0.338 e. The first-order valence-electron chi connectivity index (χ1n) is 11.2. The molecule has 0 aliphatic carbocycles. The summed E-state index contributed by atoms with van der Waals surface area (Å²) in [6.07, 6.45) is -7.53. The van der Waals surface area contributed by atoms with E-state index in [9.17, 15) is 24.6 Å². The van der Waals surface area contributed by atoms with Gasteiger partial charge in [0.05, 0.1) is 23.3 Å². The van der Waals surface area contributed by atoms with Crippen LogP contribution in [0.4, 0.5) is 0 Å². The van der Waals surface area contributed by atoms with Gasteiger partial charge in [0.1, 0.15) is 6.10 Å². The molecule has 0 aromatic heterocycles. The highest BCUT2D eigenvalue weighted by atomic mass is 16.7. The number of benzene rings is 3. The van der Waals surface area contributed by atoms with Gasteiger partial charge in [0.15, 0.2) is 24.6 Å². The van der Waals surface area contributed by atoms with Crippen LogP contribution in [0.2, 0.25) is 0 Å². The lowest BCUT2D eigenvalue weighted by Gasteiger charge is -2.42. The first-order chi connectivity index (χ1) is 17.5. The van der Waals surface area contributed by atoms with Gasteiger partial charge in [-0.05, 0) is 36.4 Å². The van der Waals surface area contributed by atoms with Crippen molar-refractivity contribution >= 4 is 17.9 Å². The predicted molar refractivity (Wildman–Crippen MR) is 125 cm³/mol. The summed E-state index contributed by atoms with van der Waals surface area (Å²) < 4.78 is 22.1. The van der Waals surface area contributed by atoms with Crippen LogP contribution >= 0.6 is 0 Å². The molecule has 0 radical (unpaired) electrons. The second-order valence-corrected chi connectivity index (χ2v) is 7.96. The molecule has 9 heteroatoms. The molecule has 1 fully saturated rings. The van der Waals surface area contributed by atoms with Crippen LogP contribution in [-0.4, -0.2) is 65.4 Å². The van der Waals surface area contributed by atoms with Crippen LogP contribution in [0.25, 0.3) is 0 Å². The minimum atomic E-state index is -1.78. The normalized spacial score (nSPS) is 23.3. The van der Waals surface area contributed by atoms with Crippen molar-refractivity contribution in [3.05, 3.63) is 108 Å². The molecule has 1 aliphatic rings. The fourth-order valence-corrected chi connectivity index (χ4v) is 3.74. The third kappa shape index (κ3) is 5.77. The van der Waals surface area contributed by atoms with E-state index in [2.05, 4.69) is 0 Å². The molecule has 4 rings (SSSR count). The zero-order valence-electron chi connectivity index (χ0n) is 19.0. The molecule has 3 aromatic rings. The van der Waals surface area contributed by atoms with Gasteiger partial charge < -0.3 is 29.2 Å². The smallest absolute Gasteiger partial charge is 0.338 e. The van der Waals surface area contributed by atoms with Gasteiger partial charge >= 0.3 is 17.9 Å². The summed E-state index contributed by atoms with van der Waals surface area (Å²) >= 11 is 0. The standard InChI is InChI=1S/C27H24O9/c28-16-20-21(34-24(29)17-10-4-1-5-11-17)22(35-25(30)18-12-6-2-7-13-18)23(27(32)33-20)36-26(31)19-14-8-3-9-15-19/h1-15,20-23,27-28,32H,16H2/t20?,21-,22?,23?,27+/m0/s1. The topological polar surface area (TPSA) is 129 Å². The number of hydrogen-bond donors (Lipinski definition) is 2. The van der Waals surface area contributed by atoms with Crippen molar-refractivity contribution in [1.29, 1.82) is 0 Å². The first-order valence-corrected chi connectivity index (χ1v) is 11.2. The fraction of sp³-hybridized carbons (Fsp3) is 0.222. The lowest BCUT2D eigenvalue weighted by Crippen LogP contribution is -2.62. The molecule has 1 saturated heterocycles. The number of rotatable bonds is 7. The third-order valence-electron chi connectivity index (χ3n) is 5.55. The van der Waals surface area contributed by atoms with Crippen LogP contribution in [-0.2, 0) is 18.9 Å². The van der Waals surface area contributed by atoms with E-state index in [0.29, 0.717) is 0 Å². The highest BCUT2D eigenvalue weighted by Crippen LogP contribution is 2.29. The number of carbonyl (C=O) groups excluding carboxylic acids is 3. The summed E-state index contributed by atoms with van der Waals surface area (Å²) in [5.41, 5.74) is 0.562. The highest BCUT2D eigenvalue weighted by molar-refractivity contribution is 5.91. The average Bonchev–Trinajstić information content (AvgIpc) is 2.93. The van der Waals surface area contributed by atoms with E-state index in [-0.39, 0.29) is 16.7 Å². The number of aliphatic hydroxyl groups excluding tert-OH is 2. The Bertz CT molecular complexity index is 1170. The van der Waals surface area contributed by atoms with Crippen LogP contribution in [0, 0.1) is 0 Å². The Morgan fingerprint density at radius 3 is 1.36 bits per heavy atom. The van der Waals surface area contributed by atoms with Gasteiger partial charge in [-0.3, -0.25) is 0 Å². The van der Waals surface area contributed by atoms with E-state index in [0.717, 1.165) is 0 Å². The van der Waals surface area contributed by atoms with E-state index in [1.807, 2.05) is 0 Å². The molecular weight excluding hydrogens is 468 g/mol. The number of hydrogen-bond acceptors (Lipinski definition) is 9. The molecule has 5 atom stereocenters. The van der Waals surface area contributed by atoms with E-state index in [1.165, 1.54) is 36.4 Å². The maximum atomic E-state index is 12.9. The SMILES string of the molecule is O=C(OC1C(OC(=O)c2ccccc2)[C@H](O)OC(CO)[C@@H]1OC(=O)c1ccccc1)c1ccccc1. The maximum absolute atomic E-state index is 12.9. The molecule has 0 spiro atoms. The Morgan fingerprint density at radius 2 is 0.972 bits per heavy atom. The van der Waals surface area contributed by atoms with Crippen LogP contribution in [0.3, 0.4) is 0 Å². The summed E-state index contributed by atoms with van der Waals surface area (Å²) in [6.45, 7) is -0.678. The monoisotopic (exact) mass is 492 g/mol. The predicted octanol–water partition coefficient (Wildman–Crippen LogP) is 2.37. The van der Waals surface area contributed by atoms with Crippen molar-refractivity contribution < 1.29 is 43.5 Å². The summed E-state index contributed by atoms with van der Waals surface area (Å²) in [6, 6.07) is 24.0. The highest BCUT2D eigenvalue weighted by Gasteiger charge is 2.52. The molecule has 0 bridgehead atoms. The number of aliphatic hydroxyl groups is 2. The minimum absolute atomic E-state index is 0.181. The Morgan fingerprint density at radius 1 is 0.611 bits per heavy atom. The molecule has 9 nitrogen and oxygen atoms in total. The Kier molecular flexibility index (Phi) is 8.06. The van der Waals surface area contributed by atoms with Crippen molar-refractivity contribution in [1.82, 2.24) is 0 Å². The van der Waals surface area contributed by atoms with Crippen molar-refractivity contribution in [3.63, 3.8) is 0 Å². The molecule has 36 heavy (non-hydrogen) atoms. The van der Waals surface area contributed by atoms with Crippen LogP contribution in [0.15, 0.2) is 91.0 Å². The van der Waals surface area contributed by atoms with Gasteiger partial charge in [-0.2, -0.15) is 0 Å². The molecule has 2 N–H and O–H groups in total. The molecule has 0 saturated carbocycles. The first kappa shape index (κ1) is 25.1. The van der Waals surface area contributed by atoms with Crippen molar-refractivity contribution in [2.45, 2.75) is 30.7 Å². The van der Waals surface area contributed by atoms with Gasteiger partial charge in [-0.1, -0.05) is 54.6 Å². The molecule has 3 aromatic carbocycles. The molecule has 0 amide bonds. The van der Waals surface area contributed by atoms with Gasteiger partial charge in [0.2, 0.25) is 0 Å². The van der Waals surface area contributed by atoms with Crippen molar-refractivity contribution in [2.75, 3.05) is 6.61 Å². The zero-order chi connectivity index (χ0) is 25.5. The summed E-state index contributed by atoms with van der Waals surface area (Å²) in [7, 11) is 0. The van der Waals surface area contributed by atoms with Gasteiger partial charge in [-0.25, -0.2) is 14.4 Å². The van der Waals surface area contributed by atoms with Crippen molar-refractivity contribution in [2.24, 2.45) is 0 Å². The number of esters is 3. The third-order valence-corrected chi connectivity index (χ3v) is 5.55. The molecule has 1 aliphatic heterocycles. The van der Waals surface area contributed by atoms with Crippen LogP contribution in [0.5, 0.6) is 0 Å². The summed E-state index contributed by atoms with van der Waals surface area (Å²) in [5, 5.41) is 20.5. The van der Waals surface area contributed by atoms with E-state index in [1.54, 1.807) is 54.6 Å². The summed E-state index contributed by atoms with van der Waals surface area (Å²) in [5.74, 6) is -2.42. The number of ether oxygens (including phenoxy) is 4. The minimum Gasteiger partial charge on any atom is -0.452 e. The van der Waals surface area contributed by atoms with Crippen LogP contribution < -0.4 is 0 Å². The quantitative estimate of drug-likeness (QED) is 0.377. The van der Waals surface area contributed by atoms with Gasteiger partial charge in [-0.15, -0.1) is 0 Å². The second-order valence-electron chi connectivity index (χ2n) is 7.96. The Labute approximate surface area is 206 Å². The van der Waals surface area contributed by atoms with Gasteiger partial charge in [0.25, 0.3) is 0 Å². The van der Waals surface area contributed by atoms with Gasteiger partial charge in [0, 0.05) is 0 Å². The largest absolute Gasteiger partial charge is 0.452 e. The van der Waals surface area contributed by atoms with E-state index in [4.69, 9.17) is 18.9 Å². The molecule has 1 heterocycles. The lowest BCUT2D eigenvalue weighted by atomic mass is 9.98. The van der Waals surface area contributed by atoms with Crippen LogP contribution in [0.1, 0.15) is 31.1 Å². The van der Waals surface area contributed by atoms with Crippen molar-refractivity contribution in [3.8, 4) is 0 Å². The molecule has 186 valence electrons. The average molecular weight is 492 g/mol. The lowest BCUT2D eigenvalue weighted by molar-refractivity contribution is -0.284. The molecule has 3 unspecified atom stereocenters. The van der Waals surface area contributed by atoms with E-state index < -0.39 is 55.2 Å². The fourth-order valence-electron chi connectivity index (χ4n) is 3.74. The Balaban J connectivity index is 1.66. The van der Waals surface area contributed by atoms with E-state index >= 15 is 0 Å². The second kappa shape index (κ2) is 11.6. The molecular formula is C27H24O9. The summed E-state index contributed by atoms with van der Waals surface area (Å²) in [4.78, 5) is 38.5. The number of carbonyl (C=O) groups is 3.